The van der Waals surface area contributed by atoms with Crippen LogP contribution < -0.4 is 4.74 Å². The van der Waals surface area contributed by atoms with Crippen molar-refractivity contribution in [3.05, 3.63) is 29.3 Å². The van der Waals surface area contributed by atoms with E-state index in [1.807, 2.05) is 12.1 Å². The van der Waals surface area contributed by atoms with Crippen LogP contribution in [0.2, 0.25) is 0 Å². The monoisotopic (exact) mass is 263 g/mol. The van der Waals surface area contributed by atoms with Crippen LogP contribution in [0.4, 0.5) is 0 Å². The Morgan fingerprint density at radius 2 is 2.21 bits per heavy atom. The van der Waals surface area contributed by atoms with Gasteiger partial charge in [0.15, 0.2) is 0 Å². The summed E-state index contributed by atoms with van der Waals surface area (Å²) in [6.45, 7) is 5.92. The predicted octanol–water partition coefficient (Wildman–Crippen LogP) is 2.47. The third-order valence-corrected chi connectivity index (χ3v) is 3.83. The van der Waals surface area contributed by atoms with E-state index in [1.165, 1.54) is 11.1 Å². The van der Waals surface area contributed by atoms with Gasteiger partial charge in [-0.2, -0.15) is 0 Å². The first-order chi connectivity index (χ1) is 9.01. The Kier molecular flexibility index (Phi) is 4.10. The number of nitrogens with zero attached hydrogens (tertiary/aromatic N) is 1. The van der Waals surface area contributed by atoms with E-state index in [0.717, 1.165) is 18.8 Å². The smallest absolute Gasteiger partial charge is 0.303 e. The molecule has 0 aromatic heterocycles. The Morgan fingerprint density at radius 1 is 1.53 bits per heavy atom. The van der Waals surface area contributed by atoms with Gasteiger partial charge in [0, 0.05) is 24.7 Å². The van der Waals surface area contributed by atoms with Crippen LogP contribution in [0.3, 0.4) is 0 Å². The Labute approximate surface area is 114 Å². The summed E-state index contributed by atoms with van der Waals surface area (Å²) in [6.07, 6.45) is 0.272. The summed E-state index contributed by atoms with van der Waals surface area (Å²) in [5.41, 5.74) is 2.39. The van der Waals surface area contributed by atoms with Crippen LogP contribution in [0.5, 0.6) is 5.75 Å². The lowest BCUT2D eigenvalue weighted by Gasteiger charge is -2.43. The summed E-state index contributed by atoms with van der Waals surface area (Å²) < 4.78 is 5.41. The number of aliphatic carboxylic acids is 1. The number of hydrogen-bond donors (Lipinski definition) is 1. The van der Waals surface area contributed by atoms with Crippen molar-refractivity contribution in [3.8, 4) is 5.75 Å². The molecule has 1 fully saturated rings. The molecule has 0 aliphatic carbocycles. The van der Waals surface area contributed by atoms with Gasteiger partial charge in [0.25, 0.3) is 0 Å². The minimum atomic E-state index is -0.703. The van der Waals surface area contributed by atoms with Gasteiger partial charge in [-0.05, 0) is 25.8 Å². The number of carbonyl (C=O) groups is 1. The fourth-order valence-corrected chi connectivity index (χ4v) is 2.68. The van der Waals surface area contributed by atoms with Crippen molar-refractivity contribution in [1.82, 2.24) is 4.90 Å². The Bertz CT molecular complexity index is 466. The first kappa shape index (κ1) is 13.9. The second-order valence-corrected chi connectivity index (χ2v) is 5.34. The molecule has 104 valence electrons. The fraction of sp³-hybridized carbons (Fsp3) is 0.533. The summed E-state index contributed by atoms with van der Waals surface area (Å²) in [5, 5.41) is 8.77. The van der Waals surface area contributed by atoms with E-state index in [4.69, 9.17) is 9.84 Å². The largest absolute Gasteiger partial charge is 0.496 e. The zero-order valence-electron chi connectivity index (χ0n) is 11.7. The van der Waals surface area contributed by atoms with Gasteiger partial charge in [-0.1, -0.05) is 17.7 Å². The number of rotatable bonds is 5. The highest BCUT2D eigenvalue weighted by Gasteiger charge is 2.33. The number of aryl methyl sites for hydroxylation is 1. The number of ether oxygens (including phenoxy) is 1. The maximum atomic E-state index is 10.7. The molecule has 1 saturated heterocycles. The SMILES string of the molecule is COc1ccc(C)cc1C(C)N1CC(CC(=O)O)C1. The Hall–Kier alpha value is -1.55. The summed E-state index contributed by atoms with van der Waals surface area (Å²) in [5.74, 6) is 0.487. The zero-order valence-corrected chi connectivity index (χ0v) is 11.7. The van der Waals surface area contributed by atoms with Gasteiger partial charge < -0.3 is 9.84 Å². The van der Waals surface area contributed by atoms with E-state index in [1.54, 1.807) is 7.11 Å². The van der Waals surface area contributed by atoms with E-state index in [2.05, 4.69) is 24.8 Å². The Balaban J connectivity index is 2.03. The molecule has 4 nitrogen and oxygen atoms in total. The van der Waals surface area contributed by atoms with E-state index in [-0.39, 0.29) is 18.4 Å². The predicted molar refractivity (Wildman–Crippen MR) is 73.5 cm³/mol. The van der Waals surface area contributed by atoms with Crippen LogP contribution in [-0.4, -0.2) is 36.2 Å². The van der Waals surface area contributed by atoms with Gasteiger partial charge in [0.05, 0.1) is 13.5 Å². The molecule has 1 N–H and O–H groups in total. The molecule has 1 aliphatic heterocycles. The standard InChI is InChI=1S/C15H21NO3/c1-10-4-5-14(19-3)13(6-10)11(2)16-8-12(9-16)7-15(17)18/h4-6,11-12H,7-9H2,1-3H3,(H,17,18). The topological polar surface area (TPSA) is 49.8 Å². The third kappa shape index (κ3) is 3.07. The second-order valence-electron chi connectivity index (χ2n) is 5.34. The highest BCUT2D eigenvalue weighted by atomic mass is 16.5. The number of methoxy groups -OCH3 is 1. The van der Waals surface area contributed by atoms with Crippen LogP contribution in [0.1, 0.15) is 30.5 Å². The Morgan fingerprint density at radius 3 is 2.79 bits per heavy atom. The summed E-state index contributed by atoms with van der Waals surface area (Å²) in [4.78, 5) is 13.0. The quantitative estimate of drug-likeness (QED) is 0.886. The molecule has 1 aliphatic rings. The number of hydrogen-bond acceptors (Lipinski definition) is 3. The molecule has 19 heavy (non-hydrogen) atoms. The normalized spacial score (nSPS) is 17.8. The van der Waals surface area contributed by atoms with Gasteiger partial charge in [0.1, 0.15) is 5.75 Å². The third-order valence-electron chi connectivity index (χ3n) is 3.83. The van der Waals surface area contributed by atoms with Gasteiger partial charge in [0.2, 0.25) is 0 Å². The molecular formula is C15H21NO3. The molecule has 0 bridgehead atoms. The lowest BCUT2D eigenvalue weighted by atomic mass is 9.92. The van der Waals surface area contributed by atoms with Crippen LogP contribution in [0.25, 0.3) is 0 Å². The van der Waals surface area contributed by atoms with E-state index in [0.29, 0.717) is 0 Å². The molecular weight excluding hydrogens is 242 g/mol. The second kappa shape index (κ2) is 5.61. The van der Waals surface area contributed by atoms with Crippen molar-refractivity contribution in [2.75, 3.05) is 20.2 Å². The van der Waals surface area contributed by atoms with Crippen LogP contribution >= 0.6 is 0 Å². The maximum absolute atomic E-state index is 10.7. The van der Waals surface area contributed by atoms with E-state index in [9.17, 15) is 4.79 Å². The molecule has 1 heterocycles. The highest BCUT2D eigenvalue weighted by Crippen LogP contribution is 2.34. The molecule has 0 radical (unpaired) electrons. The van der Waals surface area contributed by atoms with Crippen molar-refractivity contribution in [2.24, 2.45) is 5.92 Å². The van der Waals surface area contributed by atoms with E-state index >= 15 is 0 Å². The van der Waals surface area contributed by atoms with Crippen LogP contribution in [0.15, 0.2) is 18.2 Å². The minimum Gasteiger partial charge on any atom is -0.496 e. The first-order valence-corrected chi connectivity index (χ1v) is 6.61. The van der Waals surface area contributed by atoms with Crippen LogP contribution in [0, 0.1) is 12.8 Å². The van der Waals surface area contributed by atoms with Crippen molar-refractivity contribution in [2.45, 2.75) is 26.3 Å². The molecule has 0 amide bonds. The number of carboxylic acid groups (broad SMARTS) is 1. The molecule has 1 aromatic rings. The van der Waals surface area contributed by atoms with Gasteiger partial charge in [-0.3, -0.25) is 9.69 Å². The van der Waals surface area contributed by atoms with Crippen molar-refractivity contribution >= 4 is 5.97 Å². The van der Waals surface area contributed by atoms with Gasteiger partial charge in [-0.15, -0.1) is 0 Å². The summed E-state index contributed by atoms with van der Waals surface area (Å²) in [7, 11) is 1.68. The first-order valence-electron chi connectivity index (χ1n) is 6.61. The molecule has 0 saturated carbocycles. The summed E-state index contributed by atoms with van der Waals surface area (Å²) >= 11 is 0. The van der Waals surface area contributed by atoms with Gasteiger partial charge >= 0.3 is 5.97 Å². The average molecular weight is 263 g/mol. The summed E-state index contributed by atoms with van der Waals surface area (Å²) in [6, 6.07) is 6.45. The lowest BCUT2D eigenvalue weighted by molar-refractivity contribution is -0.139. The minimum absolute atomic E-state index is 0.264. The van der Waals surface area contributed by atoms with Crippen molar-refractivity contribution in [1.29, 1.82) is 0 Å². The maximum Gasteiger partial charge on any atom is 0.303 e. The molecule has 4 heteroatoms. The van der Waals surface area contributed by atoms with Crippen LogP contribution in [-0.2, 0) is 4.79 Å². The van der Waals surface area contributed by atoms with E-state index < -0.39 is 5.97 Å². The van der Waals surface area contributed by atoms with Crippen molar-refractivity contribution in [3.63, 3.8) is 0 Å². The fourth-order valence-electron chi connectivity index (χ4n) is 2.68. The number of carboxylic acids is 1. The molecule has 1 unspecified atom stereocenters. The zero-order chi connectivity index (χ0) is 14.0. The molecule has 1 atom stereocenters. The number of likely N-dealkylation sites (tertiary alicyclic amines) is 1. The molecule has 1 aromatic carbocycles. The molecule has 0 spiro atoms. The van der Waals surface area contributed by atoms with Crippen molar-refractivity contribution < 1.29 is 14.6 Å². The van der Waals surface area contributed by atoms with Gasteiger partial charge in [-0.25, -0.2) is 0 Å². The molecule has 2 rings (SSSR count). The number of benzene rings is 1. The average Bonchev–Trinajstić information content (AvgIpc) is 2.32. The lowest BCUT2D eigenvalue weighted by Crippen LogP contribution is -2.48. The highest BCUT2D eigenvalue weighted by molar-refractivity contribution is 5.67.